The highest BCUT2D eigenvalue weighted by atomic mass is 35.5. The van der Waals surface area contributed by atoms with Gasteiger partial charge in [0, 0.05) is 31.9 Å². The Kier molecular flexibility index (Phi) is 4.63. The first-order valence-corrected chi connectivity index (χ1v) is 6.64. The highest BCUT2D eigenvalue weighted by Crippen LogP contribution is 2.11. The van der Waals surface area contributed by atoms with Gasteiger partial charge in [0.1, 0.15) is 0 Å². The number of carbonyl (C=O) groups is 1. The van der Waals surface area contributed by atoms with Crippen LogP contribution in [0.3, 0.4) is 0 Å². The van der Waals surface area contributed by atoms with E-state index in [-0.39, 0.29) is 6.03 Å². The zero-order chi connectivity index (χ0) is 14.5. The van der Waals surface area contributed by atoms with Crippen LogP contribution in [-0.2, 0) is 20.1 Å². The molecule has 0 spiro atoms. The molecule has 0 aliphatic carbocycles. The molecule has 0 radical (unpaired) electrons. The Bertz CT molecular complexity index is 579. The Balaban J connectivity index is 1.86. The second-order valence-electron chi connectivity index (χ2n) is 4.59. The summed E-state index contributed by atoms with van der Waals surface area (Å²) in [5.74, 6) is 0. The number of hydrogen-bond acceptors (Lipinski definition) is 2. The number of aromatic nitrogens is 2. The average molecular weight is 293 g/mol. The number of aryl methyl sites for hydroxylation is 1. The van der Waals surface area contributed by atoms with E-state index >= 15 is 0 Å². The quantitative estimate of drug-likeness (QED) is 0.941. The molecule has 1 aromatic heterocycles. The molecule has 0 aliphatic rings. The summed E-state index contributed by atoms with van der Waals surface area (Å²) in [7, 11) is 3.60. The maximum atomic E-state index is 12.0. The van der Waals surface area contributed by atoms with Crippen molar-refractivity contribution < 1.29 is 4.79 Å². The van der Waals surface area contributed by atoms with Gasteiger partial charge in [-0.15, -0.1) is 0 Å². The Morgan fingerprint density at radius 3 is 2.65 bits per heavy atom. The van der Waals surface area contributed by atoms with Crippen LogP contribution in [0.25, 0.3) is 0 Å². The molecule has 0 bridgehead atoms. The summed E-state index contributed by atoms with van der Waals surface area (Å²) in [5.41, 5.74) is 1.99. The lowest BCUT2D eigenvalue weighted by atomic mass is 10.2. The normalized spacial score (nSPS) is 10.3. The third-order valence-electron chi connectivity index (χ3n) is 3.02. The van der Waals surface area contributed by atoms with Crippen LogP contribution in [0, 0.1) is 0 Å². The smallest absolute Gasteiger partial charge is 0.317 e. The zero-order valence-corrected chi connectivity index (χ0v) is 12.3. The largest absolute Gasteiger partial charge is 0.332 e. The number of rotatable bonds is 4. The fourth-order valence-electron chi connectivity index (χ4n) is 1.81. The monoisotopic (exact) mass is 292 g/mol. The first-order valence-electron chi connectivity index (χ1n) is 6.26. The minimum atomic E-state index is -0.124. The molecule has 1 aromatic carbocycles. The third kappa shape index (κ3) is 3.74. The Morgan fingerprint density at radius 1 is 1.35 bits per heavy atom. The number of nitrogens with one attached hydrogen (secondary N) is 1. The van der Waals surface area contributed by atoms with Gasteiger partial charge in [0.05, 0.1) is 12.2 Å². The lowest BCUT2D eigenvalue weighted by Gasteiger charge is -2.18. The minimum absolute atomic E-state index is 0.124. The number of hydrogen-bond donors (Lipinski definition) is 1. The first-order chi connectivity index (χ1) is 9.56. The summed E-state index contributed by atoms with van der Waals surface area (Å²) in [6.07, 6.45) is 1.71. The highest BCUT2D eigenvalue weighted by molar-refractivity contribution is 6.30. The van der Waals surface area contributed by atoms with Crippen molar-refractivity contribution in [3.8, 4) is 0 Å². The predicted molar refractivity (Wildman–Crippen MR) is 78.4 cm³/mol. The maximum Gasteiger partial charge on any atom is 0.317 e. The van der Waals surface area contributed by atoms with Crippen molar-refractivity contribution in [3.63, 3.8) is 0 Å². The van der Waals surface area contributed by atoms with Crippen molar-refractivity contribution in [1.82, 2.24) is 20.0 Å². The molecule has 106 valence electrons. The van der Waals surface area contributed by atoms with E-state index in [4.69, 9.17) is 11.6 Å². The van der Waals surface area contributed by atoms with Gasteiger partial charge in [0.15, 0.2) is 0 Å². The molecule has 2 aromatic rings. The fourth-order valence-corrected chi connectivity index (χ4v) is 1.94. The van der Waals surface area contributed by atoms with Crippen molar-refractivity contribution >= 4 is 17.6 Å². The van der Waals surface area contributed by atoms with Crippen LogP contribution < -0.4 is 5.32 Å². The number of benzene rings is 1. The van der Waals surface area contributed by atoms with Crippen LogP contribution >= 0.6 is 11.6 Å². The van der Waals surface area contributed by atoms with Gasteiger partial charge in [-0.05, 0) is 23.8 Å². The number of halogens is 1. The van der Waals surface area contributed by atoms with Gasteiger partial charge in [-0.2, -0.15) is 5.10 Å². The molecule has 20 heavy (non-hydrogen) atoms. The molecule has 0 unspecified atom stereocenters. The molecule has 0 atom stereocenters. The lowest BCUT2D eigenvalue weighted by Crippen LogP contribution is -2.36. The molecule has 5 nitrogen and oxygen atoms in total. The van der Waals surface area contributed by atoms with E-state index in [9.17, 15) is 4.79 Å². The molecule has 6 heteroatoms. The van der Waals surface area contributed by atoms with E-state index in [0.717, 1.165) is 11.3 Å². The van der Waals surface area contributed by atoms with Crippen molar-refractivity contribution in [3.05, 3.63) is 52.8 Å². The second-order valence-corrected chi connectivity index (χ2v) is 5.02. The Hall–Kier alpha value is -2.01. The van der Waals surface area contributed by atoms with E-state index in [1.807, 2.05) is 37.4 Å². The van der Waals surface area contributed by atoms with E-state index in [1.54, 1.807) is 22.8 Å². The third-order valence-corrected chi connectivity index (χ3v) is 3.27. The van der Waals surface area contributed by atoms with Crippen molar-refractivity contribution in [2.24, 2.45) is 7.05 Å². The summed E-state index contributed by atoms with van der Waals surface area (Å²) in [5, 5.41) is 7.60. The van der Waals surface area contributed by atoms with Crippen molar-refractivity contribution in [2.45, 2.75) is 13.1 Å². The van der Waals surface area contributed by atoms with Gasteiger partial charge in [-0.3, -0.25) is 4.68 Å². The van der Waals surface area contributed by atoms with Crippen LogP contribution in [0.1, 0.15) is 11.3 Å². The number of amides is 2. The van der Waals surface area contributed by atoms with Gasteiger partial charge in [0.2, 0.25) is 0 Å². The van der Waals surface area contributed by atoms with Gasteiger partial charge >= 0.3 is 6.03 Å². The van der Waals surface area contributed by atoms with Crippen molar-refractivity contribution in [1.29, 1.82) is 0 Å². The maximum absolute atomic E-state index is 12.0. The van der Waals surface area contributed by atoms with Crippen LogP contribution in [-0.4, -0.2) is 27.8 Å². The molecule has 1 heterocycles. The van der Waals surface area contributed by atoms with E-state index in [2.05, 4.69) is 10.4 Å². The molecule has 0 aliphatic heterocycles. The lowest BCUT2D eigenvalue weighted by molar-refractivity contribution is 0.206. The Labute approximate surface area is 123 Å². The van der Waals surface area contributed by atoms with E-state index in [0.29, 0.717) is 18.1 Å². The average Bonchev–Trinajstić information content (AvgIpc) is 2.84. The van der Waals surface area contributed by atoms with Crippen LogP contribution in [0.2, 0.25) is 5.02 Å². The molecular formula is C14H17ClN4O. The number of carbonyl (C=O) groups excluding carboxylic acids is 1. The predicted octanol–water partition coefficient (Wildman–Crippen LogP) is 2.42. The minimum Gasteiger partial charge on any atom is -0.332 e. The molecule has 2 rings (SSSR count). The second kappa shape index (κ2) is 6.43. The van der Waals surface area contributed by atoms with Gasteiger partial charge < -0.3 is 10.2 Å². The van der Waals surface area contributed by atoms with Crippen molar-refractivity contribution in [2.75, 3.05) is 7.05 Å². The summed E-state index contributed by atoms with van der Waals surface area (Å²) in [6.45, 7) is 0.995. The summed E-state index contributed by atoms with van der Waals surface area (Å²) < 4.78 is 1.74. The molecular weight excluding hydrogens is 276 g/mol. The SMILES string of the molecule is CN(Cc1ccc(Cl)cc1)C(=O)NCc1ccnn1C. The van der Waals surface area contributed by atoms with E-state index in [1.165, 1.54) is 0 Å². The molecule has 0 saturated heterocycles. The highest BCUT2D eigenvalue weighted by Gasteiger charge is 2.09. The van der Waals surface area contributed by atoms with Gasteiger partial charge in [-0.25, -0.2) is 4.79 Å². The van der Waals surface area contributed by atoms with Gasteiger partial charge in [-0.1, -0.05) is 23.7 Å². The summed E-state index contributed by atoms with van der Waals surface area (Å²) in [4.78, 5) is 13.6. The van der Waals surface area contributed by atoms with Crippen LogP contribution in [0.5, 0.6) is 0 Å². The van der Waals surface area contributed by atoms with Gasteiger partial charge in [0.25, 0.3) is 0 Å². The van der Waals surface area contributed by atoms with E-state index < -0.39 is 0 Å². The van der Waals surface area contributed by atoms with Crippen LogP contribution in [0.15, 0.2) is 36.5 Å². The first kappa shape index (κ1) is 14.4. The topological polar surface area (TPSA) is 50.2 Å². The number of urea groups is 1. The standard InChI is InChI=1S/C14H17ClN4O/c1-18(10-11-3-5-12(15)6-4-11)14(20)16-9-13-7-8-17-19(13)2/h3-8H,9-10H2,1-2H3,(H,16,20). The summed E-state index contributed by atoms with van der Waals surface area (Å²) in [6, 6.07) is 9.21. The Morgan fingerprint density at radius 2 is 2.05 bits per heavy atom. The number of nitrogens with zero attached hydrogens (tertiary/aromatic N) is 3. The fraction of sp³-hybridized carbons (Fsp3) is 0.286. The molecule has 1 N–H and O–H groups in total. The molecule has 0 saturated carbocycles. The summed E-state index contributed by atoms with van der Waals surface area (Å²) >= 11 is 5.83. The van der Waals surface area contributed by atoms with Crippen LogP contribution in [0.4, 0.5) is 4.79 Å². The zero-order valence-electron chi connectivity index (χ0n) is 11.5. The molecule has 2 amide bonds. The molecule has 0 fully saturated rings.